The van der Waals surface area contributed by atoms with Crippen LogP contribution in [0.15, 0.2) is 18.2 Å². The fourth-order valence-corrected chi connectivity index (χ4v) is 3.00. The fraction of sp³-hybridized carbons (Fsp3) is 0.375. The van der Waals surface area contributed by atoms with Crippen molar-refractivity contribution < 1.29 is 4.79 Å². The number of aryl methyl sites for hydroxylation is 3. The molecular weight excluding hydrogens is 268 g/mol. The van der Waals surface area contributed by atoms with Crippen molar-refractivity contribution in [2.24, 2.45) is 5.92 Å². The molecule has 1 N–H and O–H groups in total. The summed E-state index contributed by atoms with van der Waals surface area (Å²) < 4.78 is 0. The van der Waals surface area contributed by atoms with Gasteiger partial charge in [-0.15, -0.1) is 11.3 Å². The predicted molar refractivity (Wildman–Crippen MR) is 83.1 cm³/mol. The van der Waals surface area contributed by atoms with Gasteiger partial charge in [-0.1, -0.05) is 12.1 Å². The molecule has 0 saturated heterocycles. The van der Waals surface area contributed by atoms with Crippen molar-refractivity contribution in [1.29, 1.82) is 0 Å². The van der Waals surface area contributed by atoms with Crippen molar-refractivity contribution in [3.05, 3.63) is 34.2 Å². The Labute approximate surface area is 123 Å². The van der Waals surface area contributed by atoms with Crippen LogP contribution in [-0.4, -0.2) is 10.9 Å². The van der Waals surface area contributed by atoms with Gasteiger partial charge in [-0.25, -0.2) is 4.98 Å². The highest BCUT2D eigenvalue weighted by Gasteiger charge is 2.30. The minimum absolute atomic E-state index is 0.116. The number of thiazole rings is 1. The van der Waals surface area contributed by atoms with E-state index in [1.54, 1.807) is 11.3 Å². The Hall–Kier alpha value is -1.68. The third kappa shape index (κ3) is 2.61. The van der Waals surface area contributed by atoms with Gasteiger partial charge in [0, 0.05) is 16.4 Å². The molecule has 0 unspecified atom stereocenters. The molecule has 1 amide bonds. The predicted octanol–water partition coefficient (Wildman–Crippen LogP) is 4.08. The van der Waals surface area contributed by atoms with Gasteiger partial charge < -0.3 is 5.32 Å². The molecule has 3 rings (SSSR count). The lowest BCUT2D eigenvalue weighted by atomic mass is 10.0. The van der Waals surface area contributed by atoms with Gasteiger partial charge in [0.15, 0.2) is 5.13 Å². The van der Waals surface area contributed by atoms with Gasteiger partial charge in [0.1, 0.15) is 0 Å². The molecular formula is C16H18N2OS. The van der Waals surface area contributed by atoms with Gasteiger partial charge in [-0.3, -0.25) is 4.79 Å². The van der Waals surface area contributed by atoms with Gasteiger partial charge in [-0.2, -0.15) is 0 Å². The zero-order valence-electron chi connectivity index (χ0n) is 12.0. The first kappa shape index (κ1) is 13.3. The summed E-state index contributed by atoms with van der Waals surface area (Å²) >= 11 is 1.55. The molecule has 1 fully saturated rings. The van der Waals surface area contributed by atoms with E-state index < -0.39 is 0 Å². The molecule has 3 nitrogen and oxygen atoms in total. The molecule has 2 aromatic rings. The summed E-state index contributed by atoms with van der Waals surface area (Å²) in [6, 6.07) is 6.37. The number of benzene rings is 1. The minimum atomic E-state index is 0.116. The summed E-state index contributed by atoms with van der Waals surface area (Å²) in [4.78, 5) is 17.5. The van der Waals surface area contributed by atoms with Gasteiger partial charge in [0.2, 0.25) is 5.91 Å². The molecule has 104 valence electrons. The number of nitrogens with zero attached hydrogens (tertiary/aromatic N) is 1. The SMILES string of the molecule is Cc1ccc(-c2nc(NC(=O)C3CC3)sc2C)cc1C. The van der Waals surface area contributed by atoms with E-state index in [0.29, 0.717) is 5.13 Å². The van der Waals surface area contributed by atoms with Crippen molar-refractivity contribution in [1.82, 2.24) is 4.98 Å². The molecule has 1 aliphatic rings. The highest BCUT2D eigenvalue weighted by molar-refractivity contribution is 7.16. The molecule has 0 atom stereocenters. The first-order chi connectivity index (χ1) is 9.54. The maximum atomic E-state index is 11.8. The Kier molecular flexibility index (Phi) is 3.34. The Bertz CT molecular complexity index is 671. The lowest BCUT2D eigenvalue weighted by Crippen LogP contribution is -2.12. The standard InChI is InChI=1S/C16H18N2OS/c1-9-4-5-13(8-10(9)2)14-11(3)20-16(17-14)18-15(19)12-6-7-12/h4-5,8,12H,6-7H2,1-3H3,(H,17,18,19). The average Bonchev–Trinajstić information content (AvgIpc) is 3.18. The van der Waals surface area contributed by atoms with Crippen LogP contribution in [0.1, 0.15) is 28.8 Å². The van der Waals surface area contributed by atoms with E-state index in [2.05, 4.69) is 49.3 Å². The molecule has 20 heavy (non-hydrogen) atoms. The second kappa shape index (κ2) is 5.02. The zero-order valence-corrected chi connectivity index (χ0v) is 12.8. The fourth-order valence-electron chi connectivity index (χ4n) is 2.16. The van der Waals surface area contributed by atoms with Crippen molar-refractivity contribution in [2.75, 3.05) is 5.32 Å². The van der Waals surface area contributed by atoms with Crippen LogP contribution in [0.3, 0.4) is 0 Å². The summed E-state index contributed by atoms with van der Waals surface area (Å²) in [5.41, 5.74) is 4.64. The first-order valence-electron chi connectivity index (χ1n) is 6.90. The highest BCUT2D eigenvalue weighted by Crippen LogP contribution is 2.34. The number of amides is 1. The molecule has 0 aliphatic heterocycles. The van der Waals surface area contributed by atoms with E-state index in [4.69, 9.17) is 0 Å². The highest BCUT2D eigenvalue weighted by atomic mass is 32.1. The number of hydrogen-bond donors (Lipinski definition) is 1. The zero-order chi connectivity index (χ0) is 14.3. The Morgan fingerprint density at radius 3 is 2.65 bits per heavy atom. The van der Waals surface area contributed by atoms with E-state index in [-0.39, 0.29) is 11.8 Å². The summed E-state index contributed by atoms with van der Waals surface area (Å²) in [5.74, 6) is 0.328. The smallest absolute Gasteiger partial charge is 0.229 e. The molecule has 0 radical (unpaired) electrons. The summed E-state index contributed by atoms with van der Waals surface area (Å²) in [6.45, 7) is 6.26. The molecule has 4 heteroatoms. The largest absolute Gasteiger partial charge is 0.302 e. The average molecular weight is 286 g/mol. The number of hydrogen-bond acceptors (Lipinski definition) is 3. The van der Waals surface area contributed by atoms with Gasteiger partial charge in [-0.05, 0) is 50.8 Å². The van der Waals surface area contributed by atoms with Crippen molar-refractivity contribution >= 4 is 22.4 Å². The van der Waals surface area contributed by atoms with E-state index >= 15 is 0 Å². The van der Waals surface area contributed by atoms with Crippen LogP contribution in [0.25, 0.3) is 11.3 Å². The number of nitrogens with one attached hydrogen (secondary N) is 1. The Morgan fingerprint density at radius 2 is 2.00 bits per heavy atom. The summed E-state index contributed by atoms with van der Waals surface area (Å²) in [5, 5.41) is 3.64. The molecule has 0 bridgehead atoms. The number of anilines is 1. The van der Waals surface area contributed by atoms with Crippen LogP contribution in [-0.2, 0) is 4.79 Å². The second-order valence-corrected chi connectivity index (χ2v) is 6.69. The number of carbonyl (C=O) groups is 1. The van der Waals surface area contributed by atoms with E-state index in [1.165, 1.54) is 11.1 Å². The Morgan fingerprint density at radius 1 is 1.25 bits per heavy atom. The van der Waals surface area contributed by atoms with Crippen LogP contribution < -0.4 is 5.32 Å². The molecule has 1 aromatic carbocycles. The maximum absolute atomic E-state index is 11.8. The number of aromatic nitrogens is 1. The quantitative estimate of drug-likeness (QED) is 0.923. The Balaban J connectivity index is 1.87. The summed E-state index contributed by atoms with van der Waals surface area (Å²) in [6.07, 6.45) is 2.03. The molecule has 1 aliphatic carbocycles. The third-order valence-electron chi connectivity index (χ3n) is 3.76. The van der Waals surface area contributed by atoms with Crippen LogP contribution in [0.2, 0.25) is 0 Å². The van der Waals surface area contributed by atoms with E-state index in [1.807, 2.05) is 0 Å². The molecule has 1 heterocycles. The number of rotatable bonds is 3. The third-order valence-corrected chi connectivity index (χ3v) is 4.64. The van der Waals surface area contributed by atoms with Crippen LogP contribution in [0.5, 0.6) is 0 Å². The lowest BCUT2D eigenvalue weighted by Gasteiger charge is -2.03. The van der Waals surface area contributed by atoms with Crippen LogP contribution >= 0.6 is 11.3 Å². The maximum Gasteiger partial charge on any atom is 0.229 e. The summed E-state index contributed by atoms with van der Waals surface area (Å²) in [7, 11) is 0. The van der Waals surface area contributed by atoms with Gasteiger partial charge >= 0.3 is 0 Å². The molecule has 1 aromatic heterocycles. The van der Waals surface area contributed by atoms with Crippen LogP contribution in [0, 0.1) is 26.7 Å². The topological polar surface area (TPSA) is 42.0 Å². The lowest BCUT2D eigenvalue weighted by molar-refractivity contribution is -0.117. The van der Waals surface area contributed by atoms with Crippen LogP contribution in [0.4, 0.5) is 5.13 Å². The van der Waals surface area contributed by atoms with Crippen molar-refractivity contribution in [3.63, 3.8) is 0 Å². The molecule has 0 spiro atoms. The van der Waals surface area contributed by atoms with Gasteiger partial charge in [0.25, 0.3) is 0 Å². The minimum Gasteiger partial charge on any atom is -0.302 e. The van der Waals surface area contributed by atoms with E-state index in [0.717, 1.165) is 29.0 Å². The van der Waals surface area contributed by atoms with E-state index in [9.17, 15) is 4.79 Å². The first-order valence-corrected chi connectivity index (χ1v) is 7.72. The number of carbonyl (C=O) groups excluding carboxylic acids is 1. The normalized spacial score (nSPS) is 14.3. The molecule has 1 saturated carbocycles. The van der Waals surface area contributed by atoms with Crippen molar-refractivity contribution in [3.8, 4) is 11.3 Å². The monoisotopic (exact) mass is 286 g/mol. The van der Waals surface area contributed by atoms with Gasteiger partial charge in [0.05, 0.1) is 5.69 Å². The second-order valence-electron chi connectivity index (χ2n) is 5.49. The van der Waals surface area contributed by atoms with Crippen molar-refractivity contribution in [2.45, 2.75) is 33.6 Å².